The summed E-state index contributed by atoms with van der Waals surface area (Å²) in [5.74, 6) is -0.853. The highest BCUT2D eigenvalue weighted by molar-refractivity contribution is 6.35. The van der Waals surface area contributed by atoms with E-state index in [1.807, 2.05) is 12.1 Å². The molecular formula is C17H18ClN5O3. The number of anilines is 1. The van der Waals surface area contributed by atoms with Gasteiger partial charge in [-0.05, 0) is 19.1 Å². The van der Waals surface area contributed by atoms with E-state index in [1.54, 1.807) is 30.9 Å². The summed E-state index contributed by atoms with van der Waals surface area (Å²) in [6.45, 7) is 2.14. The van der Waals surface area contributed by atoms with Gasteiger partial charge in [0.05, 0.1) is 41.8 Å². The lowest BCUT2D eigenvalue weighted by Gasteiger charge is -2.07. The first-order valence-electron chi connectivity index (χ1n) is 7.94. The Bertz CT molecular complexity index is 992. The summed E-state index contributed by atoms with van der Waals surface area (Å²) in [4.78, 5) is 24.2. The number of fused-ring (bicyclic) bond motifs is 1. The summed E-state index contributed by atoms with van der Waals surface area (Å²) in [7, 11) is 2.96. The van der Waals surface area contributed by atoms with Crippen molar-refractivity contribution in [3.63, 3.8) is 0 Å². The molecule has 2 heterocycles. The summed E-state index contributed by atoms with van der Waals surface area (Å²) in [6.07, 6.45) is 1.86. The Balaban J connectivity index is 1.74. The average molecular weight is 376 g/mol. The monoisotopic (exact) mass is 375 g/mol. The maximum atomic E-state index is 12.4. The summed E-state index contributed by atoms with van der Waals surface area (Å²) in [5.41, 5.74) is 1.96. The molecule has 0 bridgehead atoms. The number of benzene rings is 1. The molecule has 0 spiro atoms. The van der Waals surface area contributed by atoms with Crippen LogP contribution in [0.4, 0.5) is 5.69 Å². The number of nitrogens with one attached hydrogen (secondary N) is 1. The Kier molecular flexibility index (Phi) is 4.94. The molecule has 8 nitrogen and oxygen atoms in total. The van der Waals surface area contributed by atoms with Crippen molar-refractivity contribution in [2.45, 2.75) is 19.9 Å². The number of methoxy groups -OCH3 is 1. The van der Waals surface area contributed by atoms with Gasteiger partial charge in [0.2, 0.25) is 5.91 Å². The van der Waals surface area contributed by atoms with Crippen LogP contribution in [0.1, 0.15) is 22.6 Å². The summed E-state index contributed by atoms with van der Waals surface area (Å²) in [6, 6.07) is 5.53. The van der Waals surface area contributed by atoms with E-state index in [4.69, 9.17) is 16.3 Å². The molecule has 0 atom stereocenters. The fourth-order valence-corrected chi connectivity index (χ4v) is 2.87. The zero-order valence-electron chi connectivity index (χ0n) is 14.6. The van der Waals surface area contributed by atoms with Crippen molar-refractivity contribution in [2.75, 3.05) is 12.4 Å². The molecule has 0 fully saturated rings. The molecule has 0 aliphatic carbocycles. The lowest BCUT2D eigenvalue weighted by molar-refractivity contribution is -0.116. The SMILES string of the molecule is COC(=O)c1nn(C)c(C)c1NC(=O)CCn1ncc2c(Cl)cccc21. The number of ether oxygens (including phenoxy) is 1. The molecule has 0 aliphatic heterocycles. The smallest absolute Gasteiger partial charge is 0.360 e. The van der Waals surface area contributed by atoms with E-state index < -0.39 is 5.97 Å². The van der Waals surface area contributed by atoms with Crippen LogP contribution in [0.3, 0.4) is 0 Å². The quantitative estimate of drug-likeness (QED) is 0.692. The Hall–Kier alpha value is -2.87. The van der Waals surface area contributed by atoms with E-state index in [-0.39, 0.29) is 18.0 Å². The van der Waals surface area contributed by atoms with Crippen LogP contribution in [0.25, 0.3) is 10.9 Å². The van der Waals surface area contributed by atoms with Gasteiger partial charge in [-0.2, -0.15) is 10.2 Å². The van der Waals surface area contributed by atoms with Gasteiger partial charge in [0, 0.05) is 18.9 Å². The van der Waals surface area contributed by atoms with Crippen LogP contribution < -0.4 is 5.32 Å². The van der Waals surface area contributed by atoms with Gasteiger partial charge in [-0.3, -0.25) is 14.2 Å². The lowest BCUT2D eigenvalue weighted by Crippen LogP contribution is -2.17. The molecule has 0 saturated heterocycles. The fourth-order valence-electron chi connectivity index (χ4n) is 2.65. The van der Waals surface area contributed by atoms with E-state index in [2.05, 4.69) is 15.5 Å². The van der Waals surface area contributed by atoms with Crippen molar-refractivity contribution in [3.05, 3.63) is 40.8 Å². The van der Waals surface area contributed by atoms with Gasteiger partial charge >= 0.3 is 5.97 Å². The molecule has 1 aromatic carbocycles. The summed E-state index contributed by atoms with van der Waals surface area (Å²) >= 11 is 6.14. The minimum absolute atomic E-state index is 0.0807. The maximum absolute atomic E-state index is 12.4. The molecular weight excluding hydrogens is 358 g/mol. The first-order valence-corrected chi connectivity index (χ1v) is 8.32. The van der Waals surface area contributed by atoms with Gasteiger partial charge in [0.1, 0.15) is 0 Å². The van der Waals surface area contributed by atoms with Crippen LogP contribution in [0, 0.1) is 6.92 Å². The van der Waals surface area contributed by atoms with Crippen molar-refractivity contribution in [3.8, 4) is 0 Å². The zero-order valence-corrected chi connectivity index (χ0v) is 15.4. The summed E-state index contributed by atoms with van der Waals surface area (Å²) < 4.78 is 7.95. The van der Waals surface area contributed by atoms with Crippen molar-refractivity contribution < 1.29 is 14.3 Å². The molecule has 3 rings (SSSR count). The highest BCUT2D eigenvalue weighted by Crippen LogP contribution is 2.23. The van der Waals surface area contributed by atoms with Crippen LogP contribution in [0.2, 0.25) is 5.02 Å². The average Bonchev–Trinajstić information content (AvgIpc) is 3.16. The minimum Gasteiger partial charge on any atom is -0.464 e. The van der Waals surface area contributed by atoms with E-state index in [0.29, 0.717) is 22.9 Å². The normalized spacial score (nSPS) is 10.9. The number of aryl methyl sites for hydroxylation is 2. The molecule has 9 heteroatoms. The standard InChI is InChI=1S/C17H18ClN5O3/c1-10-15(16(17(25)26-3)21-22(10)2)20-14(24)7-8-23-13-6-4-5-12(18)11(13)9-19-23/h4-6,9H,7-8H2,1-3H3,(H,20,24). The topological polar surface area (TPSA) is 91.0 Å². The predicted octanol–water partition coefficient (Wildman–Crippen LogP) is 2.55. The van der Waals surface area contributed by atoms with Crippen molar-refractivity contribution in [1.82, 2.24) is 19.6 Å². The Morgan fingerprint density at radius 3 is 2.85 bits per heavy atom. The van der Waals surface area contributed by atoms with Gasteiger partial charge in [-0.15, -0.1) is 0 Å². The number of halogens is 1. The number of hydrogen-bond donors (Lipinski definition) is 1. The number of nitrogens with zero attached hydrogens (tertiary/aromatic N) is 4. The highest BCUT2D eigenvalue weighted by Gasteiger charge is 2.22. The first kappa shape index (κ1) is 17.9. The predicted molar refractivity (Wildman–Crippen MR) is 97.3 cm³/mol. The van der Waals surface area contributed by atoms with Crippen LogP contribution in [0.15, 0.2) is 24.4 Å². The fraction of sp³-hybridized carbons (Fsp3) is 0.294. The van der Waals surface area contributed by atoms with E-state index >= 15 is 0 Å². The molecule has 136 valence electrons. The molecule has 2 aromatic heterocycles. The van der Waals surface area contributed by atoms with E-state index in [0.717, 1.165) is 10.9 Å². The Morgan fingerprint density at radius 2 is 2.12 bits per heavy atom. The largest absolute Gasteiger partial charge is 0.464 e. The third kappa shape index (κ3) is 3.28. The molecule has 0 unspecified atom stereocenters. The van der Waals surface area contributed by atoms with Gasteiger partial charge in [-0.25, -0.2) is 4.79 Å². The minimum atomic E-state index is -0.600. The number of esters is 1. The second-order valence-corrected chi connectivity index (χ2v) is 6.17. The van der Waals surface area contributed by atoms with Crippen LogP contribution in [0.5, 0.6) is 0 Å². The molecule has 0 aliphatic rings. The number of carbonyl (C=O) groups excluding carboxylic acids is 2. The maximum Gasteiger partial charge on any atom is 0.360 e. The molecule has 1 amide bonds. The second kappa shape index (κ2) is 7.17. The molecule has 3 aromatic rings. The molecule has 1 N–H and O–H groups in total. The Morgan fingerprint density at radius 1 is 1.35 bits per heavy atom. The van der Waals surface area contributed by atoms with Gasteiger partial charge in [-0.1, -0.05) is 17.7 Å². The van der Waals surface area contributed by atoms with Crippen molar-refractivity contribution in [1.29, 1.82) is 0 Å². The molecule has 0 saturated carbocycles. The van der Waals surface area contributed by atoms with Gasteiger partial charge in [0.15, 0.2) is 5.69 Å². The number of amides is 1. The number of carbonyl (C=O) groups is 2. The van der Waals surface area contributed by atoms with Crippen LogP contribution in [-0.2, 0) is 23.1 Å². The summed E-state index contributed by atoms with van der Waals surface area (Å²) in [5, 5.41) is 12.6. The van der Waals surface area contributed by atoms with E-state index in [9.17, 15) is 9.59 Å². The highest BCUT2D eigenvalue weighted by atomic mass is 35.5. The van der Waals surface area contributed by atoms with Gasteiger partial charge in [0.25, 0.3) is 0 Å². The van der Waals surface area contributed by atoms with Crippen LogP contribution >= 0.6 is 11.6 Å². The van der Waals surface area contributed by atoms with E-state index in [1.165, 1.54) is 11.8 Å². The molecule has 0 radical (unpaired) electrons. The van der Waals surface area contributed by atoms with Crippen molar-refractivity contribution >= 4 is 40.1 Å². The molecule has 26 heavy (non-hydrogen) atoms. The first-order chi connectivity index (χ1) is 12.4. The van der Waals surface area contributed by atoms with Crippen LogP contribution in [-0.4, -0.2) is 38.5 Å². The third-order valence-corrected chi connectivity index (χ3v) is 4.49. The van der Waals surface area contributed by atoms with Gasteiger partial charge < -0.3 is 10.1 Å². The number of aromatic nitrogens is 4. The van der Waals surface area contributed by atoms with Crippen molar-refractivity contribution in [2.24, 2.45) is 7.05 Å². The lowest BCUT2D eigenvalue weighted by atomic mass is 10.2. The zero-order chi connectivity index (χ0) is 18.8. The number of hydrogen-bond acceptors (Lipinski definition) is 5. The Labute approximate surface area is 154 Å². The third-order valence-electron chi connectivity index (χ3n) is 4.16. The number of rotatable bonds is 5. The second-order valence-electron chi connectivity index (χ2n) is 5.76.